The summed E-state index contributed by atoms with van der Waals surface area (Å²) in [5.74, 6) is -0.262. The van der Waals surface area contributed by atoms with Gasteiger partial charge in [0.25, 0.3) is 5.17 Å². The quantitative estimate of drug-likeness (QED) is 0.358. The van der Waals surface area contributed by atoms with Crippen molar-refractivity contribution in [2.24, 2.45) is 0 Å². The van der Waals surface area contributed by atoms with E-state index in [9.17, 15) is 4.79 Å². The summed E-state index contributed by atoms with van der Waals surface area (Å²) in [4.78, 5) is 12.3. The maximum Gasteiger partial charge on any atom is 0.335 e. The van der Waals surface area contributed by atoms with Crippen molar-refractivity contribution < 1.29 is 9.53 Å². The molecule has 0 aromatic carbocycles. The average Bonchev–Trinajstić information content (AvgIpc) is 1.98. The topological polar surface area (TPSA) is 29.5 Å². The van der Waals surface area contributed by atoms with Crippen molar-refractivity contribution in [2.75, 3.05) is 7.05 Å². The van der Waals surface area contributed by atoms with Crippen LogP contribution in [0.1, 0.15) is 6.92 Å². The largest absolute Gasteiger partial charge is 0.397 e. The fourth-order valence-electron chi connectivity index (χ4n) is 0.560. The van der Waals surface area contributed by atoms with Crippen LogP contribution in [0.4, 0.5) is 0 Å². The zero-order valence-electron chi connectivity index (χ0n) is 5.25. The van der Waals surface area contributed by atoms with Gasteiger partial charge in [-0.1, -0.05) is 0 Å². The van der Waals surface area contributed by atoms with Crippen molar-refractivity contribution in [3.63, 3.8) is 0 Å². The summed E-state index contributed by atoms with van der Waals surface area (Å²) in [6, 6.07) is -0.211. The van der Waals surface area contributed by atoms with Crippen molar-refractivity contribution in [3.05, 3.63) is 0 Å². The van der Waals surface area contributed by atoms with Gasteiger partial charge in [0.2, 0.25) is 0 Å². The second kappa shape index (κ2) is 1.95. The monoisotopic (exact) mass is 145 g/mol. The Morgan fingerprint density at radius 2 is 2.33 bits per heavy atom. The second-order valence-electron chi connectivity index (χ2n) is 1.97. The lowest BCUT2D eigenvalue weighted by Crippen LogP contribution is -2.27. The Labute approximate surface area is 58.6 Å². The molecule has 4 heteroatoms. The first-order chi connectivity index (χ1) is 4.13. The number of hydrogen-bond acceptors (Lipinski definition) is 3. The lowest BCUT2D eigenvalue weighted by atomic mass is 10.3. The van der Waals surface area contributed by atoms with E-state index in [2.05, 4.69) is 17.0 Å². The van der Waals surface area contributed by atoms with E-state index < -0.39 is 0 Å². The second-order valence-corrected chi connectivity index (χ2v) is 2.32. The Hall–Kier alpha value is -0.640. The normalized spacial score (nSPS) is 26.9. The fourth-order valence-corrected chi connectivity index (χ4v) is 0.800. The molecule has 1 rings (SSSR count). The summed E-state index contributed by atoms with van der Waals surface area (Å²) in [7, 11) is 1.73. The summed E-state index contributed by atoms with van der Waals surface area (Å²) < 4.78 is 4.60. The first-order valence-electron chi connectivity index (χ1n) is 2.61. The molecule has 0 aliphatic carbocycles. The van der Waals surface area contributed by atoms with Crippen LogP contribution in [0.25, 0.3) is 0 Å². The van der Waals surface area contributed by atoms with Gasteiger partial charge in [-0.05, 0) is 19.1 Å². The van der Waals surface area contributed by atoms with Gasteiger partial charge < -0.3 is 9.64 Å². The van der Waals surface area contributed by atoms with E-state index in [1.807, 2.05) is 0 Å². The van der Waals surface area contributed by atoms with Crippen molar-refractivity contribution in [1.29, 1.82) is 0 Å². The standard InChI is InChI=1S/C5H7NO2S/c1-3-4(7)8-5(9)6(3)2/h3H,1-2H3/t3-/m1/s1. The maximum absolute atomic E-state index is 10.6. The molecule has 50 valence electrons. The number of carbonyl (C=O) groups is 1. The SMILES string of the molecule is C[C@@H]1C(=O)OC(=S)N1C. The zero-order chi connectivity index (χ0) is 7.02. The highest BCUT2D eigenvalue weighted by atomic mass is 32.1. The van der Waals surface area contributed by atoms with Crippen LogP contribution in [0.15, 0.2) is 0 Å². The van der Waals surface area contributed by atoms with E-state index >= 15 is 0 Å². The van der Waals surface area contributed by atoms with Crippen LogP contribution < -0.4 is 0 Å². The first kappa shape index (κ1) is 6.48. The highest BCUT2D eigenvalue weighted by molar-refractivity contribution is 7.80. The molecule has 1 fully saturated rings. The lowest BCUT2D eigenvalue weighted by molar-refractivity contribution is -0.134. The minimum absolute atomic E-state index is 0.211. The first-order valence-corrected chi connectivity index (χ1v) is 3.02. The van der Waals surface area contributed by atoms with E-state index in [1.165, 1.54) is 0 Å². The number of nitrogens with zero attached hydrogens (tertiary/aromatic N) is 1. The minimum atomic E-state index is -0.262. The lowest BCUT2D eigenvalue weighted by Gasteiger charge is -2.08. The molecule has 1 aliphatic heterocycles. The molecular formula is C5H7NO2S. The molecule has 0 saturated carbocycles. The van der Waals surface area contributed by atoms with Crippen LogP contribution in [-0.2, 0) is 9.53 Å². The van der Waals surface area contributed by atoms with Crippen LogP contribution in [0.3, 0.4) is 0 Å². The van der Waals surface area contributed by atoms with Crippen LogP contribution in [0, 0.1) is 0 Å². The van der Waals surface area contributed by atoms with Gasteiger partial charge in [0.05, 0.1) is 0 Å². The summed E-state index contributed by atoms with van der Waals surface area (Å²) >= 11 is 4.68. The van der Waals surface area contributed by atoms with Gasteiger partial charge in [-0.15, -0.1) is 0 Å². The molecule has 1 saturated heterocycles. The van der Waals surface area contributed by atoms with Crippen LogP contribution in [0.2, 0.25) is 0 Å². The molecule has 3 nitrogen and oxygen atoms in total. The summed E-state index contributed by atoms with van der Waals surface area (Å²) in [6.45, 7) is 1.75. The average molecular weight is 145 g/mol. The predicted octanol–water partition coefficient (Wildman–Crippen LogP) is 0.148. The van der Waals surface area contributed by atoms with Crippen molar-refractivity contribution >= 4 is 23.4 Å². The Bertz CT molecular complexity index is 150. The van der Waals surface area contributed by atoms with Gasteiger partial charge in [-0.3, -0.25) is 0 Å². The molecule has 0 aromatic heterocycles. The molecule has 1 heterocycles. The van der Waals surface area contributed by atoms with Crippen molar-refractivity contribution in [3.8, 4) is 0 Å². The Kier molecular flexibility index (Phi) is 1.40. The van der Waals surface area contributed by atoms with Crippen molar-refractivity contribution in [1.82, 2.24) is 4.90 Å². The smallest absolute Gasteiger partial charge is 0.335 e. The van der Waals surface area contributed by atoms with Gasteiger partial charge in [-0.2, -0.15) is 0 Å². The van der Waals surface area contributed by atoms with E-state index in [-0.39, 0.29) is 17.2 Å². The third kappa shape index (κ3) is 0.896. The molecular weight excluding hydrogens is 138 g/mol. The third-order valence-corrected chi connectivity index (χ3v) is 1.77. The fraction of sp³-hybridized carbons (Fsp3) is 0.600. The molecule has 0 aromatic rings. The highest BCUT2D eigenvalue weighted by Gasteiger charge is 2.31. The van der Waals surface area contributed by atoms with E-state index in [0.29, 0.717) is 0 Å². The Balaban J connectivity index is 2.77. The van der Waals surface area contributed by atoms with Crippen LogP contribution in [-0.4, -0.2) is 29.1 Å². The summed E-state index contributed by atoms with van der Waals surface area (Å²) in [5, 5.41) is 0.271. The van der Waals surface area contributed by atoms with E-state index in [4.69, 9.17) is 0 Å². The molecule has 0 unspecified atom stereocenters. The molecule has 9 heavy (non-hydrogen) atoms. The Morgan fingerprint density at radius 3 is 2.44 bits per heavy atom. The number of cyclic esters (lactones) is 1. The van der Waals surface area contributed by atoms with E-state index in [0.717, 1.165) is 0 Å². The molecule has 0 N–H and O–H groups in total. The third-order valence-electron chi connectivity index (χ3n) is 1.40. The van der Waals surface area contributed by atoms with Crippen LogP contribution in [0.5, 0.6) is 0 Å². The van der Waals surface area contributed by atoms with Gasteiger partial charge in [-0.25, -0.2) is 4.79 Å². The molecule has 0 bridgehead atoms. The van der Waals surface area contributed by atoms with E-state index in [1.54, 1.807) is 18.9 Å². The number of rotatable bonds is 0. The van der Waals surface area contributed by atoms with Gasteiger partial charge in [0.1, 0.15) is 6.04 Å². The van der Waals surface area contributed by atoms with Gasteiger partial charge >= 0.3 is 5.97 Å². The van der Waals surface area contributed by atoms with Gasteiger partial charge in [0.15, 0.2) is 0 Å². The highest BCUT2D eigenvalue weighted by Crippen LogP contribution is 2.09. The number of hydrogen-bond donors (Lipinski definition) is 0. The maximum atomic E-state index is 10.6. The Morgan fingerprint density at radius 1 is 1.78 bits per heavy atom. The summed E-state index contributed by atoms with van der Waals surface area (Å²) in [6.07, 6.45) is 0. The predicted molar refractivity (Wildman–Crippen MR) is 35.9 cm³/mol. The molecule has 0 radical (unpaired) electrons. The number of esters is 1. The van der Waals surface area contributed by atoms with Gasteiger partial charge in [0, 0.05) is 7.05 Å². The van der Waals surface area contributed by atoms with Crippen LogP contribution >= 0.6 is 12.2 Å². The molecule has 1 aliphatic rings. The number of ether oxygens (including phenoxy) is 1. The molecule has 0 amide bonds. The molecule has 0 spiro atoms. The van der Waals surface area contributed by atoms with Crippen molar-refractivity contribution in [2.45, 2.75) is 13.0 Å². The molecule has 1 atom stereocenters. The summed E-state index contributed by atoms with van der Waals surface area (Å²) in [5.41, 5.74) is 0. The number of thiocarbonyl (C=S) groups is 1. The minimum Gasteiger partial charge on any atom is -0.397 e. The number of likely N-dealkylation sites (N-methyl/N-ethyl adjacent to an activating group) is 1. The zero-order valence-corrected chi connectivity index (χ0v) is 6.07. The number of carbonyl (C=O) groups excluding carboxylic acids is 1.